The fourth-order valence-electron chi connectivity index (χ4n) is 2.77. The lowest BCUT2D eigenvalue weighted by molar-refractivity contribution is 0.00405. The topological polar surface area (TPSA) is 63.7 Å². The second-order valence-electron chi connectivity index (χ2n) is 5.08. The van der Waals surface area contributed by atoms with Crippen LogP contribution in [0.3, 0.4) is 0 Å². The number of furan rings is 1. The Bertz CT molecular complexity index is 576. The van der Waals surface area contributed by atoms with E-state index < -0.39 is 0 Å². The number of ether oxygens (including phenoxy) is 1. The van der Waals surface area contributed by atoms with Crippen LogP contribution >= 0.6 is 0 Å². The first-order chi connectivity index (χ1) is 9.79. The molecule has 3 N–H and O–H groups in total. The van der Waals surface area contributed by atoms with E-state index in [0.717, 1.165) is 48.6 Å². The summed E-state index contributed by atoms with van der Waals surface area (Å²) in [6.07, 6.45) is 0. The minimum atomic E-state index is 0.0664. The molecule has 1 aliphatic rings. The van der Waals surface area contributed by atoms with Crippen molar-refractivity contribution >= 4 is 11.0 Å². The number of aryl methyl sites for hydroxylation is 1. The van der Waals surface area contributed by atoms with Crippen LogP contribution in [0.5, 0.6) is 0 Å². The van der Waals surface area contributed by atoms with E-state index in [1.807, 2.05) is 25.1 Å². The lowest BCUT2D eigenvalue weighted by atomic mass is 10.0. The lowest BCUT2D eigenvalue weighted by Crippen LogP contribution is -2.48. The van der Waals surface area contributed by atoms with Crippen LogP contribution in [-0.4, -0.2) is 37.9 Å². The molecule has 2 heterocycles. The smallest absolute Gasteiger partial charge is 0.134 e. The third-order valence-corrected chi connectivity index (χ3v) is 3.75. The van der Waals surface area contributed by atoms with Gasteiger partial charge in [-0.3, -0.25) is 0 Å². The molecular formula is C15H21N3O2. The van der Waals surface area contributed by atoms with Crippen molar-refractivity contribution in [1.82, 2.24) is 10.4 Å². The van der Waals surface area contributed by atoms with Crippen molar-refractivity contribution < 1.29 is 9.15 Å². The highest BCUT2D eigenvalue weighted by atomic mass is 16.5. The van der Waals surface area contributed by atoms with E-state index in [4.69, 9.17) is 14.9 Å². The second kappa shape index (κ2) is 5.93. The zero-order valence-electron chi connectivity index (χ0n) is 11.8. The maximum atomic E-state index is 5.98. The van der Waals surface area contributed by atoms with Crippen LogP contribution < -0.4 is 11.2 Å². The summed E-state index contributed by atoms with van der Waals surface area (Å²) < 4.78 is 11.2. The number of para-hydroxylation sites is 1. The van der Waals surface area contributed by atoms with E-state index in [9.17, 15) is 0 Å². The molecule has 5 nitrogen and oxygen atoms in total. The largest absolute Gasteiger partial charge is 0.461 e. The van der Waals surface area contributed by atoms with Crippen molar-refractivity contribution in [2.45, 2.75) is 13.0 Å². The number of nitrogens with zero attached hydrogens (tertiary/aromatic N) is 1. The van der Waals surface area contributed by atoms with Crippen LogP contribution in [-0.2, 0) is 4.74 Å². The minimum Gasteiger partial charge on any atom is -0.461 e. The van der Waals surface area contributed by atoms with Gasteiger partial charge in [-0.05, 0) is 13.0 Å². The Morgan fingerprint density at radius 2 is 2.05 bits per heavy atom. The highest BCUT2D eigenvalue weighted by Crippen LogP contribution is 2.30. The van der Waals surface area contributed by atoms with Gasteiger partial charge in [-0.2, -0.15) is 0 Å². The Morgan fingerprint density at radius 1 is 1.30 bits per heavy atom. The summed E-state index contributed by atoms with van der Waals surface area (Å²) in [4.78, 5) is 0. The van der Waals surface area contributed by atoms with E-state index in [-0.39, 0.29) is 6.04 Å². The first kappa shape index (κ1) is 13.6. The molecule has 1 aliphatic heterocycles. The van der Waals surface area contributed by atoms with E-state index in [2.05, 4.69) is 16.5 Å². The number of benzene rings is 1. The summed E-state index contributed by atoms with van der Waals surface area (Å²) in [6.45, 7) is 5.81. The van der Waals surface area contributed by atoms with Gasteiger partial charge in [0.25, 0.3) is 0 Å². The molecule has 1 aromatic heterocycles. The molecule has 1 aromatic carbocycles. The van der Waals surface area contributed by atoms with Crippen LogP contribution in [0.1, 0.15) is 17.4 Å². The average Bonchev–Trinajstić information content (AvgIpc) is 2.82. The first-order valence-electron chi connectivity index (χ1n) is 7.06. The van der Waals surface area contributed by atoms with Gasteiger partial charge in [-0.1, -0.05) is 18.2 Å². The molecular weight excluding hydrogens is 254 g/mol. The number of rotatable bonds is 4. The van der Waals surface area contributed by atoms with Crippen LogP contribution in [0.15, 0.2) is 28.7 Å². The van der Waals surface area contributed by atoms with Gasteiger partial charge in [-0.15, -0.1) is 0 Å². The summed E-state index contributed by atoms with van der Waals surface area (Å²) in [5, 5.41) is 3.32. The fourth-order valence-corrected chi connectivity index (χ4v) is 2.77. The summed E-state index contributed by atoms with van der Waals surface area (Å²) in [6, 6.07) is 8.17. The van der Waals surface area contributed by atoms with E-state index in [0.29, 0.717) is 6.54 Å². The average molecular weight is 275 g/mol. The Balaban J connectivity index is 1.88. The predicted molar refractivity (Wildman–Crippen MR) is 78.3 cm³/mol. The number of fused-ring (bicyclic) bond motifs is 1. The highest BCUT2D eigenvalue weighted by molar-refractivity contribution is 5.82. The zero-order chi connectivity index (χ0) is 13.9. The van der Waals surface area contributed by atoms with E-state index in [1.54, 1.807) is 0 Å². The van der Waals surface area contributed by atoms with Crippen molar-refractivity contribution in [3.8, 4) is 0 Å². The van der Waals surface area contributed by atoms with Crippen LogP contribution in [0, 0.1) is 6.92 Å². The second-order valence-corrected chi connectivity index (χ2v) is 5.08. The Kier molecular flexibility index (Phi) is 4.03. The molecule has 2 aromatic rings. The van der Waals surface area contributed by atoms with Crippen molar-refractivity contribution in [3.63, 3.8) is 0 Å². The number of hydrogen-bond donors (Lipinski definition) is 2. The van der Waals surface area contributed by atoms with Gasteiger partial charge >= 0.3 is 0 Å². The predicted octanol–water partition coefficient (Wildman–Crippen LogP) is 1.58. The van der Waals surface area contributed by atoms with Gasteiger partial charge in [-0.25, -0.2) is 10.4 Å². The van der Waals surface area contributed by atoms with Crippen LogP contribution in [0.2, 0.25) is 0 Å². The molecule has 3 rings (SSSR count). The molecule has 1 atom stereocenters. The number of morpholine rings is 1. The molecule has 1 saturated heterocycles. The number of hydrazine groups is 1. The van der Waals surface area contributed by atoms with Gasteiger partial charge in [0.2, 0.25) is 0 Å². The van der Waals surface area contributed by atoms with E-state index in [1.165, 1.54) is 0 Å². The Morgan fingerprint density at radius 3 is 2.80 bits per heavy atom. The summed E-state index contributed by atoms with van der Waals surface area (Å²) in [5.41, 5.74) is 11.6. The normalized spacial score (nSPS) is 18.5. The SMILES string of the molecule is Cc1oc2ccccc2c1C(CN)NN1CCOCC1. The van der Waals surface area contributed by atoms with Gasteiger partial charge in [0.15, 0.2) is 0 Å². The Hall–Kier alpha value is -1.40. The van der Waals surface area contributed by atoms with Crippen LogP contribution in [0.25, 0.3) is 11.0 Å². The molecule has 1 unspecified atom stereocenters. The molecule has 0 saturated carbocycles. The molecule has 0 spiro atoms. The molecule has 0 aliphatic carbocycles. The quantitative estimate of drug-likeness (QED) is 0.887. The number of nitrogens with one attached hydrogen (secondary N) is 1. The lowest BCUT2D eigenvalue weighted by Gasteiger charge is -2.31. The fraction of sp³-hybridized carbons (Fsp3) is 0.467. The standard InChI is InChI=1S/C15H21N3O2/c1-11-15(12-4-2-3-5-14(12)20-11)13(10-16)17-18-6-8-19-9-7-18/h2-5,13,17H,6-10,16H2,1H3. The minimum absolute atomic E-state index is 0.0664. The van der Waals surface area contributed by atoms with Crippen LogP contribution in [0.4, 0.5) is 0 Å². The van der Waals surface area contributed by atoms with Gasteiger partial charge in [0, 0.05) is 30.6 Å². The third kappa shape index (κ3) is 2.58. The first-order valence-corrected chi connectivity index (χ1v) is 7.06. The van der Waals surface area contributed by atoms with Crippen molar-refractivity contribution in [2.75, 3.05) is 32.8 Å². The molecule has 20 heavy (non-hydrogen) atoms. The highest BCUT2D eigenvalue weighted by Gasteiger charge is 2.22. The number of nitrogens with two attached hydrogens (primary N) is 1. The monoisotopic (exact) mass is 275 g/mol. The molecule has 0 amide bonds. The van der Waals surface area contributed by atoms with E-state index >= 15 is 0 Å². The van der Waals surface area contributed by atoms with Crippen molar-refractivity contribution in [2.24, 2.45) is 5.73 Å². The summed E-state index contributed by atoms with van der Waals surface area (Å²) in [5.74, 6) is 0.933. The van der Waals surface area contributed by atoms with Crippen molar-refractivity contribution in [3.05, 3.63) is 35.6 Å². The van der Waals surface area contributed by atoms with Gasteiger partial charge in [0.05, 0.1) is 19.3 Å². The molecule has 0 bridgehead atoms. The molecule has 0 radical (unpaired) electrons. The Labute approximate surface area is 118 Å². The summed E-state index contributed by atoms with van der Waals surface area (Å²) >= 11 is 0. The molecule has 1 fully saturated rings. The van der Waals surface area contributed by atoms with Gasteiger partial charge in [0.1, 0.15) is 11.3 Å². The van der Waals surface area contributed by atoms with Crippen molar-refractivity contribution in [1.29, 1.82) is 0 Å². The maximum absolute atomic E-state index is 5.98. The summed E-state index contributed by atoms with van der Waals surface area (Å²) in [7, 11) is 0. The molecule has 5 heteroatoms. The van der Waals surface area contributed by atoms with Gasteiger partial charge < -0.3 is 14.9 Å². The maximum Gasteiger partial charge on any atom is 0.134 e. The molecule has 108 valence electrons. The third-order valence-electron chi connectivity index (χ3n) is 3.75. The number of hydrogen-bond acceptors (Lipinski definition) is 5. The zero-order valence-corrected chi connectivity index (χ0v) is 11.8.